The molecule has 0 fully saturated rings. The molecule has 5 heteroatoms. The van der Waals surface area contributed by atoms with Crippen molar-refractivity contribution < 1.29 is 4.79 Å². The van der Waals surface area contributed by atoms with E-state index in [1.165, 1.54) is 6.20 Å². The highest BCUT2D eigenvalue weighted by atomic mass is 16.1. The van der Waals surface area contributed by atoms with Crippen LogP contribution in [0.15, 0.2) is 43.0 Å². The SMILES string of the molecule is CC(NC(=O)c1ccncc1N)c1ccncc1. The summed E-state index contributed by atoms with van der Waals surface area (Å²) in [6.45, 7) is 1.91. The molecule has 1 unspecified atom stereocenters. The van der Waals surface area contributed by atoms with Gasteiger partial charge in [-0.15, -0.1) is 0 Å². The molecule has 3 N–H and O–H groups in total. The average Bonchev–Trinajstić information content (AvgIpc) is 2.40. The van der Waals surface area contributed by atoms with Gasteiger partial charge in [-0.1, -0.05) is 0 Å². The van der Waals surface area contributed by atoms with E-state index in [2.05, 4.69) is 15.3 Å². The van der Waals surface area contributed by atoms with E-state index >= 15 is 0 Å². The first-order valence-corrected chi connectivity index (χ1v) is 5.58. The van der Waals surface area contributed by atoms with Crippen LogP contribution in [-0.4, -0.2) is 15.9 Å². The standard InChI is InChI=1S/C13H14N4O/c1-9(10-2-5-15-6-3-10)17-13(18)11-4-7-16-8-12(11)14/h2-9H,14H2,1H3,(H,17,18). The van der Waals surface area contributed by atoms with Gasteiger partial charge in [-0.25, -0.2) is 0 Å². The van der Waals surface area contributed by atoms with Gasteiger partial charge in [0.05, 0.1) is 23.5 Å². The summed E-state index contributed by atoms with van der Waals surface area (Å²) in [6, 6.07) is 5.22. The van der Waals surface area contributed by atoms with E-state index in [4.69, 9.17) is 5.73 Å². The van der Waals surface area contributed by atoms with Crippen LogP contribution in [0.4, 0.5) is 5.69 Å². The lowest BCUT2D eigenvalue weighted by Gasteiger charge is -2.14. The molecular formula is C13H14N4O. The summed E-state index contributed by atoms with van der Waals surface area (Å²) >= 11 is 0. The Bertz CT molecular complexity index is 542. The molecule has 18 heavy (non-hydrogen) atoms. The zero-order chi connectivity index (χ0) is 13.0. The number of carbonyl (C=O) groups is 1. The molecule has 0 aliphatic heterocycles. The number of hydrogen-bond acceptors (Lipinski definition) is 4. The lowest BCUT2D eigenvalue weighted by molar-refractivity contribution is 0.0940. The molecule has 5 nitrogen and oxygen atoms in total. The van der Waals surface area contributed by atoms with Gasteiger partial charge in [0.2, 0.25) is 0 Å². The Morgan fingerprint density at radius 3 is 2.56 bits per heavy atom. The molecule has 2 aromatic rings. The number of hydrogen-bond donors (Lipinski definition) is 2. The molecule has 0 saturated heterocycles. The highest BCUT2D eigenvalue weighted by Crippen LogP contribution is 2.13. The van der Waals surface area contributed by atoms with Crippen molar-refractivity contribution in [3.8, 4) is 0 Å². The van der Waals surface area contributed by atoms with Crippen molar-refractivity contribution in [2.75, 3.05) is 5.73 Å². The van der Waals surface area contributed by atoms with E-state index in [1.807, 2.05) is 19.1 Å². The van der Waals surface area contributed by atoms with Crippen LogP contribution < -0.4 is 11.1 Å². The smallest absolute Gasteiger partial charge is 0.253 e. The van der Waals surface area contributed by atoms with Gasteiger partial charge in [-0.2, -0.15) is 0 Å². The fourth-order valence-corrected chi connectivity index (χ4v) is 1.62. The second kappa shape index (κ2) is 5.27. The number of amides is 1. The number of pyridine rings is 2. The van der Waals surface area contributed by atoms with Crippen LogP contribution in [0.25, 0.3) is 0 Å². The number of nitrogens with one attached hydrogen (secondary N) is 1. The van der Waals surface area contributed by atoms with Crippen LogP contribution in [0.3, 0.4) is 0 Å². The molecule has 0 aliphatic carbocycles. The normalized spacial score (nSPS) is 11.8. The fraction of sp³-hybridized carbons (Fsp3) is 0.154. The number of anilines is 1. The maximum atomic E-state index is 12.0. The summed E-state index contributed by atoms with van der Waals surface area (Å²) in [4.78, 5) is 19.8. The predicted molar refractivity (Wildman–Crippen MR) is 68.8 cm³/mol. The van der Waals surface area contributed by atoms with Crippen LogP contribution >= 0.6 is 0 Å². The lowest BCUT2D eigenvalue weighted by atomic mass is 10.1. The zero-order valence-corrected chi connectivity index (χ0v) is 10.00. The minimum Gasteiger partial charge on any atom is -0.397 e. The second-order valence-corrected chi connectivity index (χ2v) is 3.94. The van der Waals surface area contributed by atoms with Gasteiger partial charge in [-0.3, -0.25) is 14.8 Å². The third-order valence-electron chi connectivity index (χ3n) is 2.65. The number of nitrogen functional groups attached to an aromatic ring is 1. The molecule has 0 bridgehead atoms. The molecule has 2 rings (SSSR count). The topological polar surface area (TPSA) is 80.9 Å². The Morgan fingerprint density at radius 1 is 1.22 bits per heavy atom. The largest absolute Gasteiger partial charge is 0.397 e. The number of rotatable bonds is 3. The molecule has 2 heterocycles. The molecule has 1 atom stereocenters. The van der Waals surface area contributed by atoms with Crippen molar-refractivity contribution in [2.24, 2.45) is 0 Å². The summed E-state index contributed by atoms with van der Waals surface area (Å²) in [7, 11) is 0. The van der Waals surface area contributed by atoms with Crippen molar-refractivity contribution >= 4 is 11.6 Å². The van der Waals surface area contributed by atoms with Crippen LogP contribution in [0.5, 0.6) is 0 Å². The first-order valence-electron chi connectivity index (χ1n) is 5.58. The van der Waals surface area contributed by atoms with E-state index in [0.29, 0.717) is 11.3 Å². The van der Waals surface area contributed by atoms with Crippen LogP contribution in [0.1, 0.15) is 28.9 Å². The van der Waals surface area contributed by atoms with Crippen LogP contribution in [0.2, 0.25) is 0 Å². The van der Waals surface area contributed by atoms with Gasteiger partial charge in [-0.05, 0) is 30.7 Å². The summed E-state index contributed by atoms with van der Waals surface area (Å²) < 4.78 is 0. The first kappa shape index (κ1) is 12.0. The van der Waals surface area contributed by atoms with Gasteiger partial charge in [0.25, 0.3) is 5.91 Å². The van der Waals surface area contributed by atoms with Crippen LogP contribution in [-0.2, 0) is 0 Å². The molecule has 2 aromatic heterocycles. The quantitative estimate of drug-likeness (QED) is 0.855. The Labute approximate surface area is 105 Å². The number of nitrogens with two attached hydrogens (primary N) is 1. The molecule has 0 radical (unpaired) electrons. The van der Waals surface area contributed by atoms with E-state index in [-0.39, 0.29) is 11.9 Å². The Kier molecular flexibility index (Phi) is 3.52. The van der Waals surface area contributed by atoms with E-state index in [1.54, 1.807) is 24.7 Å². The average molecular weight is 242 g/mol. The van der Waals surface area contributed by atoms with Gasteiger partial charge >= 0.3 is 0 Å². The molecule has 0 saturated carbocycles. The Balaban J connectivity index is 2.11. The van der Waals surface area contributed by atoms with Crippen molar-refractivity contribution in [3.63, 3.8) is 0 Å². The van der Waals surface area contributed by atoms with Crippen molar-refractivity contribution in [1.29, 1.82) is 0 Å². The minimum absolute atomic E-state index is 0.104. The fourth-order valence-electron chi connectivity index (χ4n) is 1.62. The second-order valence-electron chi connectivity index (χ2n) is 3.94. The summed E-state index contributed by atoms with van der Waals surface area (Å²) in [5, 5.41) is 2.88. The maximum absolute atomic E-state index is 12.0. The van der Waals surface area contributed by atoms with Crippen LogP contribution in [0, 0.1) is 0 Å². The third-order valence-corrected chi connectivity index (χ3v) is 2.65. The predicted octanol–water partition coefficient (Wildman–Crippen LogP) is 1.55. The van der Waals surface area contributed by atoms with Crippen molar-refractivity contribution in [3.05, 3.63) is 54.1 Å². The third kappa shape index (κ3) is 2.63. The molecule has 0 aromatic carbocycles. The van der Waals surface area contributed by atoms with Gasteiger partial charge < -0.3 is 11.1 Å². The van der Waals surface area contributed by atoms with E-state index in [9.17, 15) is 4.79 Å². The summed E-state index contributed by atoms with van der Waals surface area (Å²) in [6.07, 6.45) is 6.39. The molecule has 92 valence electrons. The molecule has 0 aliphatic rings. The first-order chi connectivity index (χ1) is 8.68. The highest BCUT2D eigenvalue weighted by Gasteiger charge is 2.13. The van der Waals surface area contributed by atoms with Crippen molar-refractivity contribution in [1.82, 2.24) is 15.3 Å². The summed E-state index contributed by atoms with van der Waals surface area (Å²) in [5.41, 5.74) is 7.50. The zero-order valence-electron chi connectivity index (χ0n) is 10.00. The Hall–Kier alpha value is -2.43. The number of aromatic nitrogens is 2. The van der Waals surface area contributed by atoms with E-state index in [0.717, 1.165) is 5.56 Å². The monoisotopic (exact) mass is 242 g/mol. The molecular weight excluding hydrogens is 228 g/mol. The van der Waals surface area contributed by atoms with Crippen molar-refractivity contribution in [2.45, 2.75) is 13.0 Å². The highest BCUT2D eigenvalue weighted by molar-refractivity contribution is 5.99. The van der Waals surface area contributed by atoms with Gasteiger partial charge in [0.1, 0.15) is 0 Å². The number of carbonyl (C=O) groups excluding carboxylic acids is 1. The summed E-state index contributed by atoms with van der Waals surface area (Å²) in [5.74, 6) is -0.209. The van der Waals surface area contributed by atoms with Gasteiger partial charge in [0.15, 0.2) is 0 Å². The molecule has 1 amide bonds. The molecule has 0 spiro atoms. The lowest BCUT2D eigenvalue weighted by Crippen LogP contribution is -2.27. The maximum Gasteiger partial charge on any atom is 0.253 e. The van der Waals surface area contributed by atoms with Gasteiger partial charge in [0, 0.05) is 18.6 Å². The minimum atomic E-state index is -0.209. The Morgan fingerprint density at radius 2 is 1.89 bits per heavy atom. The van der Waals surface area contributed by atoms with E-state index < -0.39 is 0 Å². The number of nitrogens with zero attached hydrogens (tertiary/aromatic N) is 2.